The highest BCUT2D eigenvalue weighted by Crippen LogP contribution is 2.36. The lowest BCUT2D eigenvalue weighted by atomic mass is 10.1. The SMILES string of the molecule is CCc1cc(N2C[C@@H]3C[C@H]2CN3C(=O)OC(C)(C)C)ccc1N. The number of fused-ring (bicyclic) bond motifs is 2. The van der Waals surface area contributed by atoms with Crippen LogP contribution in [0.5, 0.6) is 0 Å². The van der Waals surface area contributed by atoms with Gasteiger partial charge in [-0.2, -0.15) is 0 Å². The average molecular weight is 317 g/mol. The first-order valence-electron chi connectivity index (χ1n) is 8.43. The van der Waals surface area contributed by atoms with Gasteiger partial charge in [-0.1, -0.05) is 6.92 Å². The summed E-state index contributed by atoms with van der Waals surface area (Å²) in [5.41, 5.74) is 8.83. The van der Waals surface area contributed by atoms with Crippen molar-refractivity contribution in [1.82, 2.24) is 4.90 Å². The maximum Gasteiger partial charge on any atom is 0.410 e. The molecule has 2 bridgehead atoms. The number of amides is 1. The smallest absolute Gasteiger partial charge is 0.410 e. The van der Waals surface area contributed by atoms with Gasteiger partial charge in [-0.15, -0.1) is 0 Å². The van der Waals surface area contributed by atoms with E-state index in [-0.39, 0.29) is 12.1 Å². The number of benzene rings is 1. The van der Waals surface area contributed by atoms with Crippen LogP contribution in [0.2, 0.25) is 0 Å². The van der Waals surface area contributed by atoms with Gasteiger partial charge in [-0.3, -0.25) is 0 Å². The second kappa shape index (κ2) is 5.62. The van der Waals surface area contributed by atoms with Crippen molar-refractivity contribution in [2.24, 2.45) is 0 Å². The zero-order valence-corrected chi connectivity index (χ0v) is 14.5. The van der Waals surface area contributed by atoms with Crippen LogP contribution in [0.25, 0.3) is 0 Å². The van der Waals surface area contributed by atoms with Crippen LogP contribution in [0.4, 0.5) is 16.2 Å². The van der Waals surface area contributed by atoms with E-state index in [9.17, 15) is 4.79 Å². The lowest BCUT2D eigenvalue weighted by Gasteiger charge is -2.36. The summed E-state index contributed by atoms with van der Waals surface area (Å²) in [6.07, 6.45) is 1.77. The fourth-order valence-corrected chi connectivity index (χ4v) is 3.60. The first-order chi connectivity index (χ1) is 10.8. The number of likely N-dealkylation sites (tertiary alicyclic amines) is 1. The molecule has 5 heteroatoms. The predicted octanol–water partition coefficient (Wildman–Crippen LogP) is 3.03. The molecular weight excluding hydrogens is 290 g/mol. The number of aryl methyl sites for hydroxylation is 1. The third-order valence-electron chi connectivity index (χ3n) is 4.71. The van der Waals surface area contributed by atoms with Crippen LogP contribution in [0.15, 0.2) is 18.2 Å². The number of ether oxygens (including phenoxy) is 1. The summed E-state index contributed by atoms with van der Waals surface area (Å²) in [7, 11) is 0. The molecule has 0 unspecified atom stereocenters. The highest BCUT2D eigenvalue weighted by atomic mass is 16.6. The maximum absolute atomic E-state index is 12.3. The second-order valence-corrected chi connectivity index (χ2v) is 7.57. The van der Waals surface area contributed by atoms with Gasteiger partial charge in [0.25, 0.3) is 0 Å². The lowest BCUT2D eigenvalue weighted by molar-refractivity contribution is 0.0215. The van der Waals surface area contributed by atoms with E-state index in [2.05, 4.69) is 24.0 Å². The van der Waals surface area contributed by atoms with Crippen molar-refractivity contribution in [3.8, 4) is 0 Å². The van der Waals surface area contributed by atoms with Crippen LogP contribution in [-0.4, -0.2) is 41.8 Å². The number of piperazine rings is 1. The molecule has 2 aliphatic rings. The van der Waals surface area contributed by atoms with Crippen LogP contribution in [0, 0.1) is 0 Å². The van der Waals surface area contributed by atoms with Gasteiger partial charge in [0, 0.05) is 30.5 Å². The third kappa shape index (κ3) is 3.09. The summed E-state index contributed by atoms with van der Waals surface area (Å²) >= 11 is 0. The van der Waals surface area contributed by atoms with Crippen LogP contribution in [0.1, 0.15) is 39.7 Å². The highest BCUT2D eigenvalue weighted by molar-refractivity contribution is 5.70. The van der Waals surface area contributed by atoms with Gasteiger partial charge in [0.15, 0.2) is 0 Å². The number of carbonyl (C=O) groups excluding carboxylic acids is 1. The van der Waals surface area contributed by atoms with Crippen molar-refractivity contribution in [2.75, 3.05) is 23.7 Å². The zero-order valence-electron chi connectivity index (χ0n) is 14.5. The molecular formula is C18H27N3O2. The minimum atomic E-state index is -0.439. The van der Waals surface area contributed by atoms with E-state index in [1.807, 2.05) is 31.7 Å². The monoisotopic (exact) mass is 317 g/mol. The Kier molecular flexibility index (Phi) is 3.90. The van der Waals surface area contributed by atoms with Crippen molar-refractivity contribution in [3.05, 3.63) is 23.8 Å². The van der Waals surface area contributed by atoms with Crippen molar-refractivity contribution in [2.45, 2.75) is 58.2 Å². The molecule has 2 heterocycles. The molecule has 1 amide bonds. The summed E-state index contributed by atoms with van der Waals surface area (Å²) in [4.78, 5) is 16.6. The first-order valence-corrected chi connectivity index (χ1v) is 8.43. The molecule has 1 aromatic rings. The van der Waals surface area contributed by atoms with Crippen molar-refractivity contribution >= 4 is 17.5 Å². The lowest BCUT2D eigenvalue weighted by Crippen LogP contribution is -2.50. The Bertz CT molecular complexity index is 609. The van der Waals surface area contributed by atoms with Gasteiger partial charge < -0.3 is 20.3 Å². The Hall–Kier alpha value is -1.91. The Balaban J connectivity index is 1.70. The quantitative estimate of drug-likeness (QED) is 0.852. The molecule has 2 fully saturated rings. The minimum absolute atomic E-state index is 0.184. The molecule has 2 saturated heterocycles. The van der Waals surface area contributed by atoms with Crippen LogP contribution < -0.4 is 10.6 Å². The normalized spacial score (nSPS) is 23.5. The standard InChI is InChI=1S/C18H27N3O2/c1-5-12-8-13(6-7-16(12)19)20-10-15-9-14(20)11-21(15)17(22)23-18(2,3)4/h6-8,14-15H,5,9-11,19H2,1-4H3/t14-,15-/m0/s1. The Labute approximate surface area is 138 Å². The molecule has 126 valence electrons. The van der Waals surface area contributed by atoms with Gasteiger partial charge in [-0.05, 0) is 57.4 Å². The van der Waals surface area contributed by atoms with Crippen LogP contribution in [0.3, 0.4) is 0 Å². The summed E-state index contributed by atoms with van der Waals surface area (Å²) in [6, 6.07) is 6.89. The number of nitrogens with zero attached hydrogens (tertiary/aromatic N) is 2. The van der Waals surface area contributed by atoms with E-state index < -0.39 is 5.60 Å². The largest absolute Gasteiger partial charge is 0.444 e. The minimum Gasteiger partial charge on any atom is -0.444 e. The van der Waals surface area contributed by atoms with E-state index in [0.717, 1.165) is 31.6 Å². The molecule has 0 saturated carbocycles. The summed E-state index contributed by atoms with van der Waals surface area (Å²) < 4.78 is 5.52. The maximum atomic E-state index is 12.3. The van der Waals surface area contributed by atoms with Gasteiger partial charge in [0.05, 0.1) is 6.04 Å². The first kappa shape index (κ1) is 16.0. The van der Waals surface area contributed by atoms with E-state index >= 15 is 0 Å². The van der Waals surface area contributed by atoms with Crippen molar-refractivity contribution < 1.29 is 9.53 Å². The molecule has 1 aromatic carbocycles. The fraction of sp³-hybridized carbons (Fsp3) is 0.611. The Morgan fingerprint density at radius 3 is 2.61 bits per heavy atom. The number of hydrogen-bond donors (Lipinski definition) is 1. The van der Waals surface area contributed by atoms with Gasteiger partial charge in [0.2, 0.25) is 0 Å². The number of carbonyl (C=O) groups is 1. The Morgan fingerprint density at radius 1 is 1.30 bits per heavy atom. The molecule has 0 aliphatic carbocycles. The van der Waals surface area contributed by atoms with Crippen molar-refractivity contribution in [3.63, 3.8) is 0 Å². The molecule has 23 heavy (non-hydrogen) atoms. The molecule has 0 aromatic heterocycles. The highest BCUT2D eigenvalue weighted by Gasteiger charge is 2.46. The number of nitrogens with two attached hydrogens (primary N) is 1. The summed E-state index contributed by atoms with van der Waals surface area (Å²) in [6.45, 7) is 9.46. The molecule has 2 aliphatic heterocycles. The molecule has 0 radical (unpaired) electrons. The van der Waals surface area contributed by atoms with Gasteiger partial charge >= 0.3 is 6.09 Å². The van der Waals surface area contributed by atoms with Gasteiger partial charge in [0.1, 0.15) is 5.60 Å². The zero-order chi connectivity index (χ0) is 16.8. The molecule has 2 N–H and O–H groups in total. The van der Waals surface area contributed by atoms with Crippen LogP contribution >= 0.6 is 0 Å². The summed E-state index contributed by atoms with van der Waals surface area (Å²) in [5.74, 6) is 0. The van der Waals surface area contributed by atoms with E-state index in [1.54, 1.807) is 0 Å². The number of anilines is 2. The number of hydrogen-bond acceptors (Lipinski definition) is 4. The molecule has 3 rings (SSSR count). The molecule has 2 atom stereocenters. The van der Waals surface area contributed by atoms with Gasteiger partial charge in [-0.25, -0.2) is 4.79 Å². The second-order valence-electron chi connectivity index (χ2n) is 7.57. The predicted molar refractivity (Wildman–Crippen MR) is 92.7 cm³/mol. The topological polar surface area (TPSA) is 58.8 Å². The fourth-order valence-electron chi connectivity index (χ4n) is 3.60. The van der Waals surface area contributed by atoms with Crippen LogP contribution in [-0.2, 0) is 11.2 Å². The number of nitrogen functional groups attached to an aromatic ring is 1. The Morgan fingerprint density at radius 2 is 2.04 bits per heavy atom. The average Bonchev–Trinajstić information content (AvgIpc) is 3.06. The summed E-state index contributed by atoms with van der Waals surface area (Å²) in [5, 5.41) is 0. The number of rotatable bonds is 2. The third-order valence-corrected chi connectivity index (χ3v) is 4.71. The molecule has 0 spiro atoms. The molecule has 5 nitrogen and oxygen atoms in total. The van der Waals surface area contributed by atoms with E-state index in [0.29, 0.717) is 6.04 Å². The van der Waals surface area contributed by atoms with E-state index in [1.165, 1.54) is 11.3 Å². The van der Waals surface area contributed by atoms with E-state index in [4.69, 9.17) is 10.5 Å². The van der Waals surface area contributed by atoms with Crippen molar-refractivity contribution in [1.29, 1.82) is 0 Å².